The average molecular weight is 396 g/mol. The van der Waals surface area contributed by atoms with E-state index in [9.17, 15) is 4.79 Å². The van der Waals surface area contributed by atoms with E-state index < -0.39 is 0 Å². The van der Waals surface area contributed by atoms with Gasteiger partial charge < -0.3 is 10.1 Å². The predicted molar refractivity (Wildman–Crippen MR) is 117 cm³/mol. The fourth-order valence-corrected chi connectivity index (χ4v) is 2.89. The molecule has 6 nitrogen and oxygen atoms in total. The first-order chi connectivity index (χ1) is 14.6. The zero-order valence-corrected chi connectivity index (χ0v) is 16.7. The summed E-state index contributed by atoms with van der Waals surface area (Å²) in [7, 11) is 0. The summed E-state index contributed by atoms with van der Waals surface area (Å²) in [4.78, 5) is 25.5. The molecular formula is C24H20N4O2. The monoisotopic (exact) mass is 396 g/mol. The number of para-hydroxylation sites is 2. The van der Waals surface area contributed by atoms with Gasteiger partial charge in [0.15, 0.2) is 0 Å². The summed E-state index contributed by atoms with van der Waals surface area (Å²) in [5.74, 6) is 0.716. The van der Waals surface area contributed by atoms with Gasteiger partial charge in [-0.05, 0) is 61.4 Å². The van der Waals surface area contributed by atoms with Crippen LogP contribution in [-0.4, -0.2) is 20.9 Å². The number of pyridine rings is 1. The molecule has 0 radical (unpaired) electrons. The summed E-state index contributed by atoms with van der Waals surface area (Å²) >= 11 is 0. The van der Waals surface area contributed by atoms with Gasteiger partial charge in [0, 0.05) is 12.3 Å². The molecule has 0 saturated heterocycles. The molecule has 1 N–H and O–H groups in total. The Morgan fingerprint density at radius 2 is 1.80 bits per heavy atom. The number of hydrogen-bond donors (Lipinski definition) is 1. The van der Waals surface area contributed by atoms with Crippen molar-refractivity contribution in [2.24, 2.45) is 0 Å². The number of hydrogen-bond acceptors (Lipinski definition) is 5. The Labute approximate surface area is 174 Å². The Morgan fingerprint density at radius 1 is 0.967 bits per heavy atom. The number of nitrogens with one attached hydrogen (secondary N) is 1. The van der Waals surface area contributed by atoms with Crippen molar-refractivity contribution >= 4 is 28.7 Å². The molecule has 0 saturated carbocycles. The molecule has 0 atom stereocenters. The lowest BCUT2D eigenvalue weighted by Gasteiger charge is -2.12. The van der Waals surface area contributed by atoms with E-state index in [2.05, 4.69) is 20.3 Å². The zero-order valence-electron chi connectivity index (χ0n) is 16.7. The second-order valence-electron chi connectivity index (χ2n) is 6.76. The molecule has 4 rings (SSSR count). The van der Waals surface area contributed by atoms with Crippen LogP contribution in [0.1, 0.15) is 16.8 Å². The number of nitrogens with zero attached hydrogens (tertiary/aromatic N) is 3. The number of ether oxygens (including phenoxy) is 1. The molecular weight excluding hydrogens is 376 g/mol. The third-order valence-corrected chi connectivity index (χ3v) is 4.66. The summed E-state index contributed by atoms with van der Waals surface area (Å²) in [6.07, 6.45) is 6.28. The van der Waals surface area contributed by atoms with Crippen LogP contribution < -0.4 is 10.1 Å². The molecule has 0 bridgehead atoms. The Hall–Kier alpha value is -4.06. The molecule has 2 aromatic heterocycles. The molecule has 1 amide bonds. The van der Waals surface area contributed by atoms with Crippen molar-refractivity contribution < 1.29 is 9.53 Å². The van der Waals surface area contributed by atoms with E-state index in [1.165, 1.54) is 6.08 Å². The number of anilines is 1. The van der Waals surface area contributed by atoms with Crippen molar-refractivity contribution in [2.75, 3.05) is 5.32 Å². The van der Waals surface area contributed by atoms with Gasteiger partial charge in [0.1, 0.15) is 11.4 Å². The standard InChI is InChI=1S/C24H20N4O2/c1-16-7-5-11-22(17(16)2)30-24-21(10-6-14-25-24)28-23(29)13-12-18-15-26-19-8-3-4-9-20(19)27-18/h3-15H,1-2H3,(H,28,29)/b13-12+. The highest BCUT2D eigenvalue weighted by molar-refractivity contribution is 6.02. The average Bonchev–Trinajstić information content (AvgIpc) is 2.76. The molecule has 0 aliphatic heterocycles. The maximum absolute atomic E-state index is 12.4. The van der Waals surface area contributed by atoms with Crippen LogP contribution in [-0.2, 0) is 4.79 Å². The summed E-state index contributed by atoms with van der Waals surface area (Å²) in [6.45, 7) is 4.00. The highest BCUT2D eigenvalue weighted by Gasteiger charge is 2.10. The molecule has 4 aromatic rings. The highest BCUT2D eigenvalue weighted by atomic mass is 16.5. The van der Waals surface area contributed by atoms with Crippen molar-refractivity contribution in [3.63, 3.8) is 0 Å². The zero-order chi connectivity index (χ0) is 20.9. The number of aryl methyl sites for hydroxylation is 1. The minimum Gasteiger partial charge on any atom is -0.437 e. The normalized spacial score (nSPS) is 11.0. The van der Waals surface area contributed by atoms with E-state index >= 15 is 0 Å². The van der Waals surface area contributed by atoms with E-state index in [1.54, 1.807) is 30.6 Å². The first kappa shape index (κ1) is 19.3. The van der Waals surface area contributed by atoms with Crippen molar-refractivity contribution in [3.8, 4) is 11.6 Å². The molecule has 6 heteroatoms. The Kier molecular flexibility index (Phi) is 5.48. The molecule has 0 aliphatic carbocycles. The van der Waals surface area contributed by atoms with E-state index in [0.29, 0.717) is 23.0 Å². The molecule has 0 fully saturated rings. The van der Waals surface area contributed by atoms with Gasteiger partial charge in [-0.25, -0.2) is 9.97 Å². The van der Waals surface area contributed by atoms with Crippen molar-refractivity contribution in [1.29, 1.82) is 0 Å². The highest BCUT2D eigenvalue weighted by Crippen LogP contribution is 2.30. The maximum atomic E-state index is 12.4. The number of carbonyl (C=O) groups is 1. The van der Waals surface area contributed by atoms with Crippen LogP contribution in [0.15, 0.2) is 73.1 Å². The van der Waals surface area contributed by atoms with Crippen LogP contribution in [0, 0.1) is 13.8 Å². The van der Waals surface area contributed by atoms with Crippen LogP contribution in [0.3, 0.4) is 0 Å². The van der Waals surface area contributed by atoms with E-state index in [1.807, 2.05) is 56.3 Å². The van der Waals surface area contributed by atoms with Crippen LogP contribution in [0.4, 0.5) is 5.69 Å². The van der Waals surface area contributed by atoms with E-state index in [0.717, 1.165) is 22.2 Å². The molecule has 0 aliphatic rings. The smallest absolute Gasteiger partial charge is 0.248 e. The lowest BCUT2D eigenvalue weighted by Crippen LogP contribution is -2.09. The van der Waals surface area contributed by atoms with Gasteiger partial charge >= 0.3 is 0 Å². The summed E-state index contributed by atoms with van der Waals surface area (Å²) in [5, 5.41) is 2.81. The van der Waals surface area contributed by atoms with E-state index in [-0.39, 0.29) is 5.91 Å². The Balaban J connectivity index is 1.50. The summed E-state index contributed by atoms with van der Waals surface area (Å²) in [6, 6.07) is 16.9. The Morgan fingerprint density at radius 3 is 2.67 bits per heavy atom. The topological polar surface area (TPSA) is 77.0 Å². The van der Waals surface area contributed by atoms with Gasteiger partial charge in [0.25, 0.3) is 0 Å². The minimum absolute atomic E-state index is 0.316. The van der Waals surface area contributed by atoms with Gasteiger partial charge in [-0.1, -0.05) is 24.3 Å². The van der Waals surface area contributed by atoms with Crippen molar-refractivity contribution in [3.05, 3.63) is 89.9 Å². The summed E-state index contributed by atoms with van der Waals surface area (Å²) in [5.41, 5.74) is 4.81. The van der Waals surface area contributed by atoms with Crippen LogP contribution in [0.2, 0.25) is 0 Å². The largest absolute Gasteiger partial charge is 0.437 e. The first-order valence-electron chi connectivity index (χ1n) is 9.50. The van der Waals surface area contributed by atoms with Gasteiger partial charge in [0.05, 0.1) is 22.9 Å². The molecule has 148 valence electrons. The third kappa shape index (κ3) is 4.33. The summed E-state index contributed by atoms with van der Waals surface area (Å²) < 4.78 is 5.96. The number of carbonyl (C=O) groups excluding carboxylic acids is 1. The fraction of sp³-hybridized carbons (Fsp3) is 0.0833. The molecule has 2 aromatic carbocycles. The molecule has 0 spiro atoms. The number of amides is 1. The maximum Gasteiger partial charge on any atom is 0.248 e. The quantitative estimate of drug-likeness (QED) is 0.476. The Bertz CT molecular complexity index is 1250. The van der Waals surface area contributed by atoms with Gasteiger partial charge in [-0.15, -0.1) is 0 Å². The van der Waals surface area contributed by atoms with E-state index in [4.69, 9.17) is 4.74 Å². The van der Waals surface area contributed by atoms with Crippen molar-refractivity contribution in [2.45, 2.75) is 13.8 Å². The van der Waals surface area contributed by atoms with Crippen LogP contribution in [0.5, 0.6) is 11.6 Å². The lowest BCUT2D eigenvalue weighted by molar-refractivity contribution is -0.111. The third-order valence-electron chi connectivity index (χ3n) is 4.66. The number of aromatic nitrogens is 3. The van der Waals surface area contributed by atoms with Gasteiger partial charge in [0.2, 0.25) is 11.8 Å². The number of fused-ring (bicyclic) bond motifs is 1. The van der Waals surface area contributed by atoms with Gasteiger partial charge in [-0.2, -0.15) is 0 Å². The number of rotatable bonds is 5. The molecule has 0 unspecified atom stereocenters. The minimum atomic E-state index is -0.316. The SMILES string of the molecule is Cc1cccc(Oc2ncccc2NC(=O)/C=C/c2cnc3ccccc3n2)c1C. The van der Waals surface area contributed by atoms with Crippen LogP contribution in [0.25, 0.3) is 17.1 Å². The molecule has 30 heavy (non-hydrogen) atoms. The number of benzene rings is 2. The van der Waals surface area contributed by atoms with Crippen LogP contribution >= 0.6 is 0 Å². The first-order valence-corrected chi connectivity index (χ1v) is 9.50. The second-order valence-corrected chi connectivity index (χ2v) is 6.76. The second kappa shape index (κ2) is 8.53. The predicted octanol–water partition coefficient (Wildman–Crippen LogP) is 5.09. The fourth-order valence-electron chi connectivity index (χ4n) is 2.89. The van der Waals surface area contributed by atoms with Gasteiger partial charge in [-0.3, -0.25) is 9.78 Å². The lowest BCUT2D eigenvalue weighted by atomic mass is 10.1. The van der Waals surface area contributed by atoms with Crippen molar-refractivity contribution in [1.82, 2.24) is 15.0 Å². The molecule has 2 heterocycles.